The molecule has 0 bridgehead atoms. The third-order valence-corrected chi connectivity index (χ3v) is 3.01. The molecular formula is C15H12ClFO2. The fraction of sp³-hybridized carbons (Fsp3) is 0.133. The summed E-state index contributed by atoms with van der Waals surface area (Å²) in [5.41, 5.74) is 0.982. The van der Waals surface area contributed by atoms with E-state index in [1.807, 2.05) is 0 Å². The maximum Gasteiger partial charge on any atom is 0.168 e. The standard InChI is InChI=1S/C15H12ClFO2/c1-9-4-3-5-14(15(9)17)19-13-7-6-11(10(2)18)8-12(13)16/h3-8H,1-2H3. The molecule has 2 aromatic carbocycles. The van der Waals surface area contributed by atoms with Crippen LogP contribution in [0.3, 0.4) is 0 Å². The number of benzene rings is 2. The summed E-state index contributed by atoms with van der Waals surface area (Å²) in [6.07, 6.45) is 0. The molecule has 2 aromatic rings. The number of carbonyl (C=O) groups is 1. The molecule has 0 atom stereocenters. The maximum atomic E-state index is 13.8. The lowest BCUT2D eigenvalue weighted by atomic mass is 10.1. The molecule has 98 valence electrons. The molecule has 2 rings (SSSR count). The summed E-state index contributed by atoms with van der Waals surface area (Å²) in [5, 5.41) is 0.272. The van der Waals surface area contributed by atoms with Crippen LogP contribution in [0.2, 0.25) is 5.02 Å². The van der Waals surface area contributed by atoms with Crippen LogP contribution in [0.15, 0.2) is 36.4 Å². The van der Waals surface area contributed by atoms with Crippen LogP contribution < -0.4 is 4.74 Å². The molecule has 0 fully saturated rings. The van der Waals surface area contributed by atoms with Gasteiger partial charge in [0.05, 0.1) is 5.02 Å². The monoisotopic (exact) mass is 278 g/mol. The van der Waals surface area contributed by atoms with Crippen LogP contribution in [0.25, 0.3) is 0 Å². The van der Waals surface area contributed by atoms with Crippen molar-refractivity contribution in [2.24, 2.45) is 0 Å². The Morgan fingerprint density at radius 1 is 1.21 bits per heavy atom. The molecule has 0 saturated heterocycles. The molecule has 0 N–H and O–H groups in total. The first kappa shape index (κ1) is 13.6. The summed E-state index contributed by atoms with van der Waals surface area (Å²) in [6, 6.07) is 9.54. The van der Waals surface area contributed by atoms with Crippen LogP contribution in [0.1, 0.15) is 22.8 Å². The van der Waals surface area contributed by atoms with Gasteiger partial charge in [-0.3, -0.25) is 4.79 Å². The predicted octanol–water partition coefficient (Wildman–Crippen LogP) is 4.78. The van der Waals surface area contributed by atoms with Gasteiger partial charge < -0.3 is 4.74 Å². The lowest BCUT2D eigenvalue weighted by molar-refractivity contribution is 0.101. The quantitative estimate of drug-likeness (QED) is 0.755. The molecule has 0 aromatic heterocycles. The molecule has 2 nitrogen and oxygen atoms in total. The Bertz CT molecular complexity index is 638. The number of Topliss-reactive ketones (excluding diaryl/α,β-unsaturated/α-hetero) is 1. The van der Waals surface area contributed by atoms with Crippen molar-refractivity contribution in [1.29, 1.82) is 0 Å². The average Bonchev–Trinajstić information content (AvgIpc) is 2.37. The van der Waals surface area contributed by atoms with Crippen LogP contribution in [0.5, 0.6) is 11.5 Å². The van der Waals surface area contributed by atoms with Crippen LogP contribution in [-0.2, 0) is 0 Å². The third kappa shape index (κ3) is 2.93. The van der Waals surface area contributed by atoms with Crippen LogP contribution in [-0.4, -0.2) is 5.78 Å². The highest BCUT2D eigenvalue weighted by Crippen LogP contribution is 2.32. The van der Waals surface area contributed by atoms with Crippen LogP contribution in [0, 0.1) is 12.7 Å². The minimum Gasteiger partial charge on any atom is -0.453 e. The first-order valence-corrected chi connectivity index (χ1v) is 6.10. The van der Waals surface area contributed by atoms with Crippen molar-refractivity contribution >= 4 is 17.4 Å². The van der Waals surface area contributed by atoms with Crippen molar-refractivity contribution in [3.8, 4) is 11.5 Å². The Labute approximate surface area is 115 Å². The summed E-state index contributed by atoms with van der Waals surface area (Å²) >= 11 is 6.02. The zero-order valence-electron chi connectivity index (χ0n) is 10.5. The highest BCUT2D eigenvalue weighted by Gasteiger charge is 2.10. The Hall–Kier alpha value is -1.87. The molecule has 0 radical (unpaired) electrons. The summed E-state index contributed by atoms with van der Waals surface area (Å²) in [7, 11) is 0. The molecule has 4 heteroatoms. The number of carbonyl (C=O) groups excluding carboxylic acids is 1. The molecule has 0 aliphatic heterocycles. The van der Waals surface area contributed by atoms with Crippen LogP contribution >= 0.6 is 11.6 Å². The fourth-order valence-electron chi connectivity index (χ4n) is 1.62. The van der Waals surface area contributed by atoms with Gasteiger partial charge in [-0.2, -0.15) is 0 Å². The molecule has 0 amide bonds. The van der Waals surface area contributed by atoms with Gasteiger partial charge in [0.1, 0.15) is 5.75 Å². The van der Waals surface area contributed by atoms with E-state index in [1.54, 1.807) is 31.2 Å². The lowest BCUT2D eigenvalue weighted by Gasteiger charge is -2.10. The van der Waals surface area contributed by atoms with E-state index >= 15 is 0 Å². The largest absolute Gasteiger partial charge is 0.453 e. The molecule has 0 saturated carbocycles. The van der Waals surface area contributed by atoms with E-state index in [-0.39, 0.29) is 16.6 Å². The predicted molar refractivity (Wildman–Crippen MR) is 72.7 cm³/mol. The number of ketones is 1. The van der Waals surface area contributed by atoms with Gasteiger partial charge >= 0.3 is 0 Å². The Morgan fingerprint density at radius 2 is 1.95 bits per heavy atom. The molecule has 0 aliphatic carbocycles. The summed E-state index contributed by atoms with van der Waals surface area (Å²) in [6.45, 7) is 3.11. The summed E-state index contributed by atoms with van der Waals surface area (Å²) < 4.78 is 19.2. The number of aryl methyl sites for hydroxylation is 1. The second kappa shape index (κ2) is 5.41. The summed E-state index contributed by atoms with van der Waals surface area (Å²) in [5.74, 6) is -0.0851. The van der Waals surface area contributed by atoms with E-state index in [9.17, 15) is 9.18 Å². The van der Waals surface area contributed by atoms with Crippen molar-refractivity contribution in [2.75, 3.05) is 0 Å². The SMILES string of the molecule is CC(=O)c1ccc(Oc2cccc(C)c2F)c(Cl)c1. The van der Waals surface area contributed by atoms with E-state index in [0.29, 0.717) is 16.9 Å². The normalized spacial score (nSPS) is 10.3. The number of halogens is 2. The Morgan fingerprint density at radius 3 is 2.58 bits per heavy atom. The zero-order valence-corrected chi connectivity index (χ0v) is 11.3. The molecule has 0 unspecified atom stereocenters. The van der Waals surface area contributed by atoms with E-state index in [1.165, 1.54) is 19.1 Å². The van der Waals surface area contributed by atoms with Gasteiger partial charge in [-0.25, -0.2) is 4.39 Å². The number of hydrogen-bond donors (Lipinski definition) is 0. The first-order chi connectivity index (χ1) is 8.99. The van der Waals surface area contributed by atoms with Gasteiger partial charge in [0.25, 0.3) is 0 Å². The van der Waals surface area contributed by atoms with Gasteiger partial charge in [-0.1, -0.05) is 23.7 Å². The minimum atomic E-state index is -0.422. The van der Waals surface area contributed by atoms with Crippen molar-refractivity contribution in [2.45, 2.75) is 13.8 Å². The Kier molecular flexibility index (Phi) is 3.86. The number of ether oxygens (including phenoxy) is 1. The first-order valence-electron chi connectivity index (χ1n) is 5.72. The van der Waals surface area contributed by atoms with E-state index < -0.39 is 5.82 Å². The maximum absolute atomic E-state index is 13.8. The lowest BCUT2D eigenvalue weighted by Crippen LogP contribution is -1.94. The second-order valence-electron chi connectivity index (χ2n) is 4.19. The second-order valence-corrected chi connectivity index (χ2v) is 4.60. The topological polar surface area (TPSA) is 26.3 Å². The number of hydrogen-bond acceptors (Lipinski definition) is 2. The summed E-state index contributed by atoms with van der Waals surface area (Å²) in [4.78, 5) is 11.2. The van der Waals surface area contributed by atoms with Gasteiger partial charge in [0.2, 0.25) is 0 Å². The minimum absolute atomic E-state index is 0.0878. The third-order valence-electron chi connectivity index (χ3n) is 2.71. The van der Waals surface area contributed by atoms with Crippen molar-refractivity contribution < 1.29 is 13.9 Å². The number of rotatable bonds is 3. The van der Waals surface area contributed by atoms with Crippen LogP contribution in [0.4, 0.5) is 4.39 Å². The van der Waals surface area contributed by atoms with E-state index in [4.69, 9.17) is 16.3 Å². The van der Waals surface area contributed by atoms with E-state index in [0.717, 1.165) is 0 Å². The molecule has 19 heavy (non-hydrogen) atoms. The molecule has 0 aliphatic rings. The van der Waals surface area contributed by atoms with Crippen molar-refractivity contribution in [1.82, 2.24) is 0 Å². The Balaban J connectivity index is 2.34. The molecule has 0 heterocycles. The van der Waals surface area contributed by atoms with E-state index in [2.05, 4.69) is 0 Å². The van der Waals surface area contributed by atoms with Gasteiger partial charge in [-0.15, -0.1) is 0 Å². The van der Waals surface area contributed by atoms with Gasteiger partial charge in [-0.05, 0) is 43.7 Å². The fourth-order valence-corrected chi connectivity index (χ4v) is 1.84. The smallest absolute Gasteiger partial charge is 0.168 e. The highest BCUT2D eigenvalue weighted by molar-refractivity contribution is 6.32. The highest BCUT2D eigenvalue weighted by atomic mass is 35.5. The molecular weight excluding hydrogens is 267 g/mol. The van der Waals surface area contributed by atoms with Gasteiger partial charge in [0.15, 0.2) is 17.3 Å². The van der Waals surface area contributed by atoms with Crippen molar-refractivity contribution in [3.05, 3.63) is 58.4 Å². The molecule has 0 spiro atoms. The zero-order chi connectivity index (χ0) is 14.0. The van der Waals surface area contributed by atoms with Crippen molar-refractivity contribution in [3.63, 3.8) is 0 Å². The van der Waals surface area contributed by atoms with Gasteiger partial charge in [0, 0.05) is 5.56 Å². The average molecular weight is 279 g/mol.